The van der Waals surface area contributed by atoms with Gasteiger partial charge in [-0.15, -0.1) is 24.0 Å². The van der Waals surface area contributed by atoms with Crippen molar-refractivity contribution in [2.24, 2.45) is 10.9 Å². The van der Waals surface area contributed by atoms with Gasteiger partial charge in [0.05, 0.1) is 23.9 Å². The molecular weight excluding hydrogens is 479 g/mol. The highest BCUT2D eigenvalue weighted by molar-refractivity contribution is 14.0. The number of nitrogens with zero attached hydrogens (tertiary/aromatic N) is 5. The summed E-state index contributed by atoms with van der Waals surface area (Å²) < 4.78 is 25.2. The van der Waals surface area contributed by atoms with Gasteiger partial charge in [-0.05, 0) is 12.3 Å². The molecule has 2 unspecified atom stereocenters. The van der Waals surface area contributed by atoms with Crippen LogP contribution >= 0.6 is 24.0 Å². The van der Waals surface area contributed by atoms with Crippen molar-refractivity contribution in [1.29, 1.82) is 0 Å². The van der Waals surface area contributed by atoms with Gasteiger partial charge in [-0.25, -0.2) is 13.4 Å². The summed E-state index contributed by atoms with van der Waals surface area (Å²) in [4.78, 5) is 13.1. The summed E-state index contributed by atoms with van der Waals surface area (Å²) in [6.45, 7) is 7.08. The van der Waals surface area contributed by atoms with Gasteiger partial charge < -0.3 is 14.8 Å². The van der Waals surface area contributed by atoms with Crippen LogP contribution in [0, 0.1) is 5.92 Å². The average Bonchev–Trinajstić information content (AvgIpc) is 3.15. The highest BCUT2D eigenvalue weighted by Gasteiger charge is 2.29. The maximum absolute atomic E-state index is 11.5. The number of aliphatic imine (C=N–C) groups is 1. The summed E-state index contributed by atoms with van der Waals surface area (Å²) in [7, 11) is -0.994. The highest BCUT2D eigenvalue weighted by atomic mass is 127. The molecule has 0 amide bonds. The Balaban J connectivity index is 0.00000261. The SMILES string of the molecule is CN=C(NCCN1CCS(=O)(=O)CC1)N1CCC(C)C(n2ccnc2)C1.I. The molecule has 0 spiro atoms. The molecule has 8 nitrogen and oxygen atoms in total. The van der Waals surface area contributed by atoms with Crippen LogP contribution in [-0.4, -0.2) is 91.6 Å². The van der Waals surface area contributed by atoms with Gasteiger partial charge in [0.15, 0.2) is 15.8 Å². The smallest absolute Gasteiger partial charge is 0.193 e. The average molecular weight is 510 g/mol. The Bertz CT molecular complexity index is 695. The fourth-order valence-electron chi connectivity index (χ4n) is 3.73. The minimum atomic E-state index is -2.81. The van der Waals surface area contributed by atoms with E-state index in [9.17, 15) is 8.42 Å². The van der Waals surface area contributed by atoms with Crippen molar-refractivity contribution in [3.05, 3.63) is 18.7 Å². The van der Waals surface area contributed by atoms with Crippen LogP contribution in [0.15, 0.2) is 23.7 Å². The van der Waals surface area contributed by atoms with Gasteiger partial charge in [0.2, 0.25) is 0 Å². The van der Waals surface area contributed by atoms with E-state index in [2.05, 4.69) is 36.6 Å². The molecule has 2 aliphatic rings. The summed E-state index contributed by atoms with van der Waals surface area (Å²) in [5, 5.41) is 3.45. The first kappa shape index (κ1) is 22.4. The Morgan fingerprint density at radius 3 is 2.67 bits per heavy atom. The lowest BCUT2D eigenvalue weighted by Crippen LogP contribution is -2.51. The first-order chi connectivity index (χ1) is 12.5. The van der Waals surface area contributed by atoms with Gasteiger partial charge in [-0.2, -0.15) is 0 Å². The molecule has 2 aliphatic heterocycles. The van der Waals surface area contributed by atoms with Crippen LogP contribution in [0.2, 0.25) is 0 Å². The molecule has 0 radical (unpaired) electrons. The van der Waals surface area contributed by atoms with Gasteiger partial charge in [-0.1, -0.05) is 6.92 Å². The van der Waals surface area contributed by atoms with Gasteiger partial charge in [0.25, 0.3) is 0 Å². The Kier molecular flexibility index (Phi) is 8.35. The molecule has 0 aliphatic carbocycles. The fraction of sp³-hybridized carbons (Fsp3) is 0.765. The Hall–Kier alpha value is -0.880. The van der Waals surface area contributed by atoms with Crippen LogP contribution in [0.3, 0.4) is 0 Å². The minimum Gasteiger partial charge on any atom is -0.355 e. The molecule has 1 aromatic heterocycles. The number of halogens is 1. The van der Waals surface area contributed by atoms with Crippen molar-refractivity contribution in [3.8, 4) is 0 Å². The third kappa shape index (κ3) is 6.05. The predicted octanol–water partition coefficient (Wildman–Crippen LogP) is 0.690. The fourth-order valence-corrected chi connectivity index (χ4v) is 5.00. The monoisotopic (exact) mass is 510 g/mol. The molecule has 2 fully saturated rings. The van der Waals surface area contributed by atoms with Crippen LogP contribution in [0.1, 0.15) is 19.4 Å². The number of nitrogens with one attached hydrogen (secondary N) is 1. The molecule has 1 aromatic rings. The third-order valence-electron chi connectivity index (χ3n) is 5.49. The topological polar surface area (TPSA) is 82.8 Å². The highest BCUT2D eigenvalue weighted by Crippen LogP contribution is 2.27. The zero-order valence-corrected chi connectivity index (χ0v) is 19.3. The second kappa shape index (κ2) is 10.1. The van der Waals surface area contributed by atoms with Crippen molar-refractivity contribution in [1.82, 2.24) is 24.7 Å². The number of piperidine rings is 1. The van der Waals surface area contributed by atoms with Crippen molar-refractivity contribution in [2.75, 3.05) is 57.8 Å². The quantitative estimate of drug-likeness (QED) is 0.365. The lowest BCUT2D eigenvalue weighted by atomic mass is 9.93. The predicted molar refractivity (Wildman–Crippen MR) is 118 cm³/mol. The first-order valence-electron chi connectivity index (χ1n) is 9.34. The van der Waals surface area contributed by atoms with Crippen LogP contribution < -0.4 is 5.32 Å². The summed E-state index contributed by atoms with van der Waals surface area (Å²) in [5.41, 5.74) is 0. The van der Waals surface area contributed by atoms with Crippen molar-refractivity contribution in [2.45, 2.75) is 19.4 Å². The van der Waals surface area contributed by atoms with E-state index in [-0.39, 0.29) is 35.5 Å². The molecule has 3 heterocycles. The van der Waals surface area contributed by atoms with Crippen LogP contribution in [0.5, 0.6) is 0 Å². The van der Waals surface area contributed by atoms with Crippen molar-refractivity contribution in [3.63, 3.8) is 0 Å². The van der Waals surface area contributed by atoms with E-state index in [0.717, 1.165) is 38.6 Å². The maximum atomic E-state index is 11.5. The molecule has 3 rings (SSSR count). The number of imidazole rings is 1. The molecule has 2 atom stereocenters. The maximum Gasteiger partial charge on any atom is 0.193 e. The number of hydrogen-bond acceptors (Lipinski definition) is 5. The summed E-state index contributed by atoms with van der Waals surface area (Å²) in [5.74, 6) is 2.08. The molecule has 0 aromatic carbocycles. The Morgan fingerprint density at radius 1 is 1.30 bits per heavy atom. The standard InChI is InChI=1S/C17H30N6O2S.HI/c1-15-3-6-22(13-16(15)23-8-4-19-14-23)17(18-2)20-5-7-21-9-11-26(24,25)12-10-21;/h4,8,14-16H,3,5-7,9-13H2,1-2H3,(H,18,20);1H. The van der Waals surface area contributed by atoms with E-state index < -0.39 is 9.84 Å². The lowest BCUT2D eigenvalue weighted by molar-refractivity contribution is 0.188. The zero-order chi connectivity index (χ0) is 18.6. The molecule has 0 bridgehead atoms. The molecular formula is C17H31IN6O2S. The minimum absolute atomic E-state index is 0. The summed E-state index contributed by atoms with van der Waals surface area (Å²) >= 11 is 0. The number of guanidine groups is 1. The Labute approximate surface area is 179 Å². The molecule has 1 N–H and O–H groups in total. The van der Waals surface area contributed by atoms with E-state index in [0.29, 0.717) is 25.0 Å². The van der Waals surface area contributed by atoms with Gasteiger partial charge in [-0.3, -0.25) is 9.89 Å². The molecule has 2 saturated heterocycles. The molecule has 27 heavy (non-hydrogen) atoms. The third-order valence-corrected chi connectivity index (χ3v) is 7.10. The number of rotatable bonds is 4. The Morgan fingerprint density at radius 2 is 2.04 bits per heavy atom. The largest absolute Gasteiger partial charge is 0.355 e. The van der Waals surface area contributed by atoms with E-state index in [1.165, 1.54) is 0 Å². The van der Waals surface area contributed by atoms with E-state index in [1.54, 1.807) is 0 Å². The zero-order valence-electron chi connectivity index (χ0n) is 16.1. The second-order valence-corrected chi connectivity index (χ2v) is 9.56. The van der Waals surface area contributed by atoms with Crippen LogP contribution in [0.25, 0.3) is 0 Å². The van der Waals surface area contributed by atoms with Gasteiger partial charge in [0, 0.05) is 58.7 Å². The van der Waals surface area contributed by atoms with Gasteiger partial charge >= 0.3 is 0 Å². The second-order valence-electron chi connectivity index (χ2n) is 7.26. The number of sulfone groups is 1. The van der Waals surface area contributed by atoms with Crippen molar-refractivity contribution < 1.29 is 8.42 Å². The van der Waals surface area contributed by atoms with Crippen LogP contribution in [-0.2, 0) is 9.84 Å². The van der Waals surface area contributed by atoms with Crippen LogP contribution in [0.4, 0.5) is 0 Å². The number of aromatic nitrogens is 2. The van der Waals surface area contributed by atoms with Crippen molar-refractivity contribution >= 4 is 39.8 Å². The first-order valence-corrected chi connectivity index (χ1v) is 11.2. The summed E-state index contributed by atoms with van der Waals surface area (Å²) in [6, 6.07) is 0.400. The lowest BCUT2D eigenvalue weighted by Gasteiger charge is -2.39. The van der Waals surface area contributed by atoms with E-state index >= 15 is 0 Å². The molecule has 10 heteroatoms. The summed E-state index contributed by atoms with van der Waals surface area (Å²) in [6.07, 6.45) is 6.88. The van der Waals surface area contributed by atoms with Gasteiger partial charge in [0.1, 0.15) is 0 Å². The van der Waals surface area contributed by atoms with E-state index in [4.69, 9.17) is 0 Å². The normalized spacial score (nSPS) is 26.4. The van der Waals surface area contributed by atoms with E-state index in [1.807, 2.05) is 25.8 Å². The number of hydrogen-bond donors (Lipinski definition) is 1. The number of likely N-dealkylation sites (tertiary alicyclic amines) is 1. The molecule has 154 valence electrons. The molecule has 0 saturated carbocycles.